The molecule has 1 aromatic carbocycles. The number of rotatable bonds is 4. The summed E-state index contributed by atoms with van der Waals surface area (Å²) in [6.07, 6.45) is 2.65. The highest BCUT2D eigenvalue weighted by atomic mass is 15.3. The fourth-order valence-electron chi connectivity index (χ4n) is 1.52. The van der Waals surface area contributed by atoms with Crippen LogP contribution in [-0.2, 0) is 6.42 Å². The third-order valence-electron chi connectivity index (χ3n) is 2.50. The Hall–Kier alpha value is -2.14. The molecule has 17 heavy (non-hydrogen) atoms. The van der Waals surface area contributed by atoms with Gasteiger partial charge < -0.3 is 10.7 Å². The maximum Gasteiger partial charge on any atom is 0.186 e. The lowest BCUT2D eigenvalue weighted by Gasteiger charge is -2.09. The molecule has 4 N–H and O–H groups in total. The van der Waals surface area contributed by atoms with Crippen LogP contribution in [0.4, 0.5) is 17.2 Å². The van der Waals surface area contributed by atoms with E-state index in [1.807, 2.05) is 18.2 Å². The summed E-state index contributed by atoms with van der Waals surface area (Å²) in [5.41, 5.74) is 5.60. The van der Waals surface area contributed by atoms with E-state index >= 15 is 0 Å². The van der Waals surface area contributed by atoms with Crippen LogP contribution in [0.2, 0.25) is 0 Å². The average molecular weight is 229 g/mol. The smallest absolute Gasteiger partial charge is 0.186 e. The molecule has 0 aliphatic rings. The van der Waals surface area contributed by atoms with Gasteiger partial charge in [0, 0.05) is 5.69 Å². The second kappa shape index (κ2) is 5.27. The van der Waals surface area contributed by atoms with E-state index in [2.05, 4.69) is 40.0 Å². The number of benzene rings is 1. The molecule has 0 radical (unpaired) electrons. The normalized spacial score (nSPS) is 10.0. The molecule has 0 atom stereocenters. The fraction of sp³-hybridized carbons (Fsp3) is 0.167. The Morgan fingerprint density at radius 3 is 2.59 bits per heavy atom. The van der Waals surface area contributed by atoms with E-state index in [-0.39, 0.29) is 0 Å². The first kappa shape index (κ1) is 11.3. The number of hydrogen-bond acceptors (Lipinski definition) is 5. The van der Waals surface area contributed by atoms with Crippen molar-refractivity contribution in [2.24, 2.45) is 5.84 Å². The molecule has 0 aliphatic carbocycles. The van der Waals surface area contributed by atoms with Gasteiger partial charge in [-0.25, -0.2) is 5.84 Å². The summed E-state index contributed by atoms with van der Waals surface area (Å²) >= 11 is 0. The molecule has 0 aliphatic heterocycles. The number of hydrogen-bond donors (Lipinski definition) is 3. The fourth-order valence-corrected chi connectivity index (χ4v) is 1.52. The topological polar surface area (TPSA) is 75.9 Å². The summed E-state index contributed by atoms with van der Waals surface area (Å²) in [6, 6.07) is 10.0. The lowest BCUT2D eigenvalue weighted by Crippen LogP contribution is -2.11. The number of hydrazine groups is 1. The molecule has 0 fully saturated rings. The number of nitrogen functional groups attached to an aromatic ring is 1. The van der Waals surface area contributed by atoms with Crippen LogP contribution in [0.3, 0.4) is 0 Å². The minimum Gasteiger partial charge on any atom is -0.352 e. The van der Waals surface area contributed by atoms with E-state index in [4.69, 9.17) is 5.84 Å². The first-order valence-electron chi connectivity index (χ1n) is 5.47. The Bertz CT molecular complexity index is 481. The molecule has 5 heteroatoms. The molecule has 0 spiro atoms. The summed E-state index contributed by atoms with van der Waals surface area (Å²) in [6.45, 7) is 2.13. The van der Waals surface area contributed by atoms with Gasteiger partial charge in [0.25, 0.3) is 0 Å². The Morgan fingerprint density at radius 1 is 1.18 bits per heavy atom. The van der Waals surface area contributed by atoms with E-state index in [1.54, 1.807) is 6.20 Å². The van der Waals surface area contributed by atoms with E-state index in [9.17, 15) is 0 Å². The Morgan fingerprint density at radius 2 is 1.94 bits per heavy atom. The summed E-state index contributed by atoms with van der Waals surface area (Å²) in [4.78, 5) is 0. The van der Waals surface area contributed by atoms with E-state index in [0.717, 1.165) is 17.8 Å². The highest BCUT2D eigenvalue weighted by Gasteiger charge is 2.02. The van der Waals surface area contributed by atoms with E-state index in [1.165, 1.54) is 5.56 Å². The minimum atomic E-state index is 0.520. The number of nitrogens with one attached hydrogen (secondary N) is 2. The third-order valence-corrected chi connectivity index (χ3v) is 2.50. The lowest BCUT2D eigenvalue weighted by atomic mass is 10.1. The van der Waals surface area contributed by atoms with Gasteiger partial charge in [0.05, 0.1) is 11.9 Å². The van der Waals surface area contributed by atoms with Crippen LogP contribution in [0.25, 0.3) is 0 Å². The first-order valence-corrected chi connectivity index (χ1v) is 5.47. The van der Waals surface area contributed by atoms with Gasteiger partial charge in [-0.3, -0.25) is 0 Å². The first-order chi connectivity index (χ1) is 8.33. The molecular weight excluding hydrogens is 214 g/mol. The monoisotopic (exact) mass is 229 g/mol. The zero-order chi connectivity index (χ0) is 12.1. The molecule has 1 heterocycles. The number of aryl methyl sites for hydroxylation is 1. The van der Waals surface area contributed by atoms with E-state index < -0.39 is 0 Å². The molecule has 0 saturated heterocycles. The SMILES string of the molecule is CCc1ccc(Nc2ccnnc2NN)cc1. The minimum absolute atomic E-state index is 0.520. The number of aromatic nitrogens is 2. The maximum atomic E-state index is 5.36. The Balaban J connectivity index is 2.19. The van der Waals surface area contributed by atoms with Crippen LogP contribution in [0.5, 0.6) is 0 Å². The van der Waals surface area contributed by atoms with Gasteiger partial charge in [0.15, 0.2) is 5.82 Å². The number of nitrogens with two attached hydrogens (primary N) is 1. The van der Waals surface area contributed by atoms with Gasteiger partial charge in [-0.2, -0.15) is 5.10 Å². The molecule has 2 rings (SSSR count). The standard InChI is InChI=1S/C12H15N5/c1-2-9-3-5-10(6-4-9)15-11-7-8-14-17-12(11)16-13/h3-8H,2,13H2,1H3,(H,14,15)(H,16,17). The number of anilines is 3. The lowest BCUT2D eigenvalue weighted by molar-refractivity contribution is 1.02. The van der Waals surface area contributed by atoms with Crippen molar-refractivity contribution in [3.63, 3.8) is 0 Å². The quantitative estimate of drug-likeness (QED) is 0.552. The maximum absolute atomic E-state index is 5.36. The number of nitrogens with zero attached hydrogens (tertiary/aromatic N) is 2. The van der Waals surface area contributed by atoms with E-state index in [0.29, 0.717) is 5.82 Å². The molecular formula is C12H15N5. The van der Waals surface area contributed by atoms with Crippen LogP contribution < -0.4 is 16.6 Å². The summed E-state index contributed by atoms with van der Waals surface area (Å²) in [5, 5.41) is 10.9. The van der Waals surface area contributed by atoms with Crippen LogP contribution in [0.1, 0.15) is 12.5 Å². The van der Waals surface area contributed by atoms with Gasteiger partial charge in [0.1, 0.15) is 0 Å². The van der Waals surface area contributed by atoms with Crippen LogP contribution >= 0.6 is 0 Å². The average Bonchev–Trinajstić information content (AvgIpc) is 2.40. The van der Waals surface area contributed by atoms with Crippen molar-refractivity contribution >= 4 is 17.2 Å². The van der Waals surface area contributed by atoms with Gasteiger partial charge in [0.2, 0.25) is 0 Å². The van der Waals surface area contributed by atoms with Crippen LogP contribution in [-0.4, -0.2) is 10.2 Å². The molecule has 0 unspecified atom stereocenters. The van der Waals surface area contributed by atoms with Gasteiger partial charge in [-0.05, 0) is 30.2 Å². The second-order valence-corrected chi connectivity index (χ2v) is 3.61. The van der Waals surface area contributed by atoms with Crippen molar-refractivity contribution in [1.29, 1.82) is 0 Å². The molecule has 5 nitrogen and oxygen atoms in total. The van der Waals surface area contributed by atoms with Gasteiger partial charge in [-0.1, -0.05) is 19.1 Å². The molecule has 0 amide bonds. The predicted molar refractivity (Wildman–Crippen MR) is 68.9 cm³/mol. The summed E-state index contributed by atoms with van der Waals surface area (Å²) < 4.78 is 0. The third kappa shape index (κ3) is 2.70. The van der Waals surface area contributed by atoms with Crippen molar-refractivity contribution in [3.05, 3.63) is 42.1 Å². The van der Waals surface area contributed by atoms with Gasteiger partial charge in [-0.15, -0.1) is 5.10 Å². The molecule has 0 bridgehead atoms. The Kier molecular flexibility index (Phi) is 3.52. The van der Waals surface area contributed by atoms with Gasteiger partial charge >= 0.3 is 0 Å². The molecule has 2 aromatic rings. The summed E-state index contributed by atoms with van der Waals surface area (Å²) in [5.74, 6) is 5.88. The highest BCUT2D eigenvalue weighted by molar-refractivity contribution is 5.70. The second-order valence-electron chi connectivity index (χ2n) is 3.61. The zero-order valence-electron chi connectivity index (χ0n) is 9.64. The van der Waals surface area contributed by atoms with Crippen LogP contribution in [0.15, 0.2) is 36.5 Å². The highest BCUT2D eigenvalue weighted by Crippen LogP contribution is 2.21. The predicted octanol–water partition coefficient (Wildman–Crippen LogP) is 2.07. The largest absolute Gasteiger partial charge is 0.352 e. The van der Waals surface area contributed by atoms with Crippen molar-refractivity contribution < 1.29 is 0 Å². The van der Waals surface area contributed by atoms with Crippen molar-refractivity contribution in [1.82, 2.24) is 10.2 Å². The zero-order valence-corrected chi connectivity index (χ0v) is 9.64. The molecule has 0 saturated carbocycles. The molecule has 1 aromatic heterocycles. The van der Waals surface area contributed by atoms with Crippen LogP contribution in [0, 0.1) is 0 Å². The Labute approximate surface area is 100 Å². The summed E-state index contributed by atoms with van der Waals surface area (Å²) in [7, 11) is 0. The molecule has 88 valence electrons. The van der Waals surface area contributed by atoms with Crippen molar-refractivity contribution in [2.75, 3.05) is 10.7 Å². The van der Waals surface area contributed by atoms with Crippen molar-refractivity contribution in [3.8, 4) is 0 Å². The van der Waals surface area contributed by atoms with Crippen molar-refractivity contribution in [2.45, 2.75) is 13.3 Å².